The second-order valence-electron chi connectivity index (χ2n) is 1.82. The Balaban J connectivity index is 0. The molecule has 70 valence electrons. The second-order valence-corrected chi connectivity index (χ2v) is 1.82. The average Bonchev–Trinajstić information content (AvgIpc) is 2.06. The van der Waals surface area contributed by atoms with Crippen LogP contribution in [0.3, 0.4) is 0 Å². The molecule has 5 N–H and O–H groups in total. The summed E-state index contributed by atoms with van der Waals surface area (Å²) in [6.07, 6.45) is -0.454. The maximum absolute atomic E-state index is 8.17. The molecule has 0 saturated carbocycles. The third-order valence-corrected chi connectivity index (χ3v) is 0.738. The predicted molar refractivity (Wildman–Crippen MR) is 39.0 cm³/mol. The van der Waals surface area contributed by atoms with Crippen LogP contribution in [-0.4, -0.2) is 58.1 Å². The largest absolute Gasteiger partial charge is 0.396 e. The molecule has 0 amide bonds. The molecule has 0 unspecified atom stereocenters. The molecule has 0 aliphatic carbocycles. The Morgan fingerprint density at radius 1 is 0.818 bits per heavy atom. The highest BCUT2D eigenvalue weighted by molar-refractivity contribution is 4.43. The van der Waals surface area contributed by atoms with Crippen LogP contribution < -0.4 is 0 Å². The van der Waals surface area contributed by atoms with Gasteiger partial charge in [-0.15, -0.1) is 0 Å². The molecule has 0 rings (SSSR count). The molecule has 0 bridgehead atoms. The molecular formula is C6H16O5. The van der Waals surface area contributed by atoms with Crippen molar-refractivity contribution in [2.24, 2.45) is 0 Å². The van der Waals surface area contributed by atoms with Crippen LogP contribution in [0.2, 0.25) is 0 Å². The molecule has 0 aromatic heterocycles. The van der Waals surface area contributed by atoms with Gasteiger partial charge in [0.05, 0.1) is 13.2 Å². The fraction of sp³-hybridized carbons (Fsp3) is 1.00. The molecule has 0 aliphatic rings. The van der Waals surface area contributed by atoms with Crippen molar-refractivity contribution in [3.8, 4) is 0 Å². The Kier molecular flexibility index (Phi) is 15.2. The van der Waals surface area contributed by atoms with E-state index in [1.54, 1.807) is 0 Å². The molecule has 0 fully saturated rings. The van der Waals surface area contributed by atoms with E-state index >= 15 is 0 Å². The molecule has 0 aromatic rings. The Bertz CT molecular complexity index is 52.9. The van der Waals surface area contributed by atoms with E-state index in [0.29, 0.717) is 6.42 Å². The Hall–Kier alpha value is -0.200. The average molecular weight is 168 g/mol. The standard InChI is InChI=1S/C3H8O3.C3H8O2/c4-1-3(6)2-5;4-2-1-3-5/h3-6H,1-2H2;4-5H,1-3H2. The molecular weight excluding hydrogens is 152 g/mol. The van der Waals surface area contributed by atoms with Crippen LogP contribution >= 0.6 is 0 Å². The summed E-state index contributed by atoms with van der Waals surface area (Å²) < 4.78 is 0. The van der Waals surface area contributed by atoms with Crippen LogP contribution in [0.25, 0.3) is 0 Å². The minimum atomic E-state index is -0.954. The van der Waals surface area contributed by atoms with Gasteiger partial charge in [-0.3, -0.25) is 0 Å². The zero-order valence-electron chi connectivity index (χ0n) is 6.35. The number of hydrogen-bond acceptors (Lipinski definition) is 5. The van der Waals surface area contributed by atoms with Gasteiger partial charge in [0.25, 0.3) is 0 Å². The Morgan fingerprint density at radius 2 is 1.18 bits per heavy atom. The summed E-state index contributed by atoms with van der Waals surface area (Å²) in [5.74, 6) is 0. The van der Waals surface area contributed by atoms with Crippen LogP contribution in [0.4, 0.5) is 0 Å². The molecule has 0 atom stereocenters. The fourth-order valence-corrected chi connectivity index (χ4v) is 0.128. The summed E-state index contributed by atoms with van der Waals surface area (Å²) in [4.78, 5) is 0. The van der Waals surface area contributed by atoms with Gasteiger partial charge in [-0.05, 0) is 6.42 Å². The highest BCUT2D eigenvalue weighted by atomic mass is 16.3. The maximum Gasteiger partial charge on any atom is 0.100 e. The Morgan fingerprint density at radius 3 is 1.18 bits per heavy atom. The quantitative estimate of drug-likeness (QED) is 0.325. The molecule has 5 heteroatoms. The van der Waals surface area contributed by atoms with E-state index in [1.807, 2.05) is 0 Å². The third-order valence-electron chi connectivity index (χ3n) is 0.738. The molecule has 0 spiro atoms. The lowest BCUT2D eigenvalue weighted by Gasteiger charge is -1.96. The van der Waals surface area contributed by atoms with Gasteiger partial charge in [0.2, 0.25) is 0 Å². The smallest absolute Gasteiger partial charge is 0.100 e. The first-order valence-electron chi connectivity index (χ1n) is 3.34. The normalized spacial score (nSPS) is 9.27. The summed E-state index contributed by atoms with van der Waals surface area (Å²) >= 11 is 0. The zero-order chi connectivity index (χ0) is 9.11. The molecule has 0 radical (unpaired) electrons. The van der Waals surface area contributed by atoms with Crippen LogP contribution in [0.1, 0.15) is 6.42 Å². The number of rotatable bonds is 4. The van der Waals surface area contributed by atoms with E-state index in [-0.39, 0.29) is 26.4 Å². The van der Waals surface area contributed by atoms with Gasteiger partial charge in [0.1, 0.15) is 6.10 Å². The van der Waals surface area contributed by atoms with Gasteiger partial charge >= 0.3 is 0 Å². The van der Waals surface area contributed by atoms with Crippen molar-refractivity contribution in [3.05, 3.63) is 0 Å². The van der Waals surface area contributed by atoms with E-state index in [4.69, 9.17) is 25.5 Å². The van der Waals surface area contributed by atoms with Crippen LogP contribution in [0.5, 0.6) is 0 Å². The fourth-order valence-electron chi connectivity index (χ4n) is 0.128. The highest BCUT2D eigenvalue weighted by Crippen LogP contribution is 1.71. The summed E-state index contributed by atoms with van der Waals surface area (Å²) in [5.41, 5.74) is 0. The van der Waals surface area contributed by atoms with Gasteiger partial charge in [-0.1, -0.05) is 0 Å². The van der Waals surface area contributed by atoms with Crippen molar-refractivity contribution >= 4 is 0 Å². The first-order chi connectivity index (χ1) is 5.22. The summed E-state index contributed by atoms with van der Waals surface area (Å²) in [6, 6.07) is 0. The predicted octanol–water partition coefficient (Wildman–Crippen LogP) is -2.31. The zero-order valence-corrected chi connectivity index (χ0v) is 6.35. The lowest BCUT2D eigenvalue weighted by Crippen LogP contribution is -2.15. The third kappa shape index (κ3) is 17.7. The van der Waals surface area contributed by atoms with Crippen LogP contribution in [-0.2, 0) is 0 Å². The molecule has 0 saturated heterocycles. The lowest BCUT2D eigenvalue weighted by atomic mass is 10.4. The molecule has 0 heterocycles. The SMILES string of the molecule is OCC(O)CO.OCCCO. The topological polar surface area (TPSA) is 101 Å². The first-order valence-corrected chi connectivity index (χ1v) is 3.34. The van der Waals surface area contributed by atoms with Crippen molar-refractivity contribution in [2.75, 3.05) is 26.4 Å². The van der Waals surface area contributed by atoms with Crippen molar-refractivity contribution < 1.29 is 25.5 Å². The monoisotopic (exact) mass is 168 g/mol. The van der Waals surface area contributed by atoms with Crippen molar-refractivity contribution in [2.45, 2.75) is 12.5 Å². The minimum absolute atomic E-state index is 0.0938. The number of hydrogen-bond donors (Lipinski definition) is 5. The van der Waals surface area contributed by atoms with Crippen molar-refractivity contribution in [1.29, 1.82) is 0 Å². The summed E-state index contributed by atoms with van der Waals surface area (Å²) in [7, 11) is 0. The molecule has 5 nitrogen and oxygen atoms in total. The van der Waals surface area contributed by atoms with Gasteiger partial charge in [-0.2, -0.15) is 0 Å². The van der Waals surface area contributed by atoms with Gasteiger partial charge in [-0.25, -0.2) is 0 Å². The lowest BCUT2D eigenvalue weighted by molar-refractivity contribution is 0.0450. The van der Waals surface area contributed by atoms with Crippen molar-refractivity contribution in [1.82, 2.24) is 0 Å². The summed E-state index contributed by atoms with van der Waals surface area (Å²) in [5, 5.41) is 39.8. The van der Waals surface area contributed by atoms with E-state index in [1.165, 1.54) is 0 Å². The van der Waals surface area contributed by atoms with Gasteiger partial charge in [0, 0.05) is 13.2 Å². The van der Waals surface area contributed by atoms with E-state index < -0.39 is 6.10 Å². The van der Waals surface area contributed by atoms with Crippen molar-refractivity contribution in [3.63, 3.8) is 0 Å². The number of aliphatic hydroxyl groups excluding tert-OH is 5. The van der Waals surface area contributed by atoms with Gasteiger partial charge < -0.3 is 25.5 Å². The highest BCUT2D eigenvalue weighted by Gasteiger charge is 1.93. The summed E-state index contributed by atoms with van der Waals surface area (Å²) in [6.45, 7) is -0.542. The van der Waals surface area contributed by atoms with E-state index in [9.17, 15) is 0 Å². The molecule has 0 aromatic carbocycles. The van der Waals surface area contributed by atoms with E-state index in [2.05, 4.69) is 0 Å². The van der Waals surface area contributed by atoms with Crippen LogP contribution in [0, 0.1) is 0 Å². The molecule has 11 heavy (non-hydrogen) atoms. The first kappa shape index (κ1) is 13.4. The van der Waals surface area contributed by atoms with Gasteiger partial charge in [0.15, 0.2) is 0 Å². The molecule has 0 aliphatic heterocycles. The minimum Gasteiger partial charge on any atom is -0.396 e. The van der Waals surface area contributed by atoms with E-state index in [0.717, 1.165) is 0 Å². The number of aliphatic hydroxyl groups is 5. The van der Waals surface area contributed by atoms with Crippen LogP contribution in [0.15, 0.2) is 0 Å². The Labute approximate surface area is 65.5 Å². The maximum atomic E-state index is 8.17. The second kappa shape index (κ2) is 12.5.